The van der Waals surface area contributed by atoms with Crippen molar-refractivity contribution < 1.29 is 9.53 Å². The van der Waals surface area contributed by atoms with Crippen molar-refractivity contribution in [1.82, 2.24) is 0 Å². The van der Waals surface area contributed by atoms with Gasteiger partial charge in [0.15, 0.2) is 0 Å². The molecule has 0 unspecified atom stereocenters. The van der Waals surface area contributed by atoms with Gasteiger partial charge < -0.3 is 4.74 Å². The molecule has 0 saturated heterocycles. The van der Waals surface area contributed by atoms with Crippen molar-refractivity contribution in [2.75, 3.05) is 6.61 Å². The molecule has 0 bridgehead atoms. The summed E-state index contributed by atoms with van der Waals surface area (Å²) in [6.45, 7) is 5.20. The molecule has 0 aliphatic rings. The summed E-state index contributed by atoms with van der Waals surface area (Å²) in [6.07, 6.45) is 85.8. The molecule has 376 valence electrons. The molecule has 0 N–H and O–H groups in total. The highest BCUT2D eigenvalue weighted by molar-refractivity contribution is 5.69. The van der Waals surface area contributed by atoms with Crippen LogP contribution in [0.25, 0.3) is 0 Å². The third kappa shape index (κ3) is 58.4. The maximum atomic E-state index is 12.1. The predicted molar refractivity (Wildman–Crippen MR) is 290 cm³/mol. The van der Waals surface area contributed by atoms with Crippen LogP contribution in [0.4, 0.5) is 0 Å². The second-order valence-electron chi connectivity index (χ2n) is 20.0. The fraction of sp³-hybridized carbons (Fsp3) is 0.855. The molecule has 2 nitrogen and oxygen atoms in total. The smallest absolute Gasteiger partial charge is 0.305 e. The van der Waals surface area contributed by atoms with E-state index in [1.54, 1.807) is 0 Å². The molecule has 64 heavy (non-hydrogen) atoms. The largest absolute Gasteiger partial charge is 0.466 e. The summed E-state index contributed by atoms with van der Waals surface area (Å²) in [4.78, 5) is 12.1. The molecule has 2 heteroatoms. The van der Waals surface area contributed by atoms with E-state index in [1.807, 2.05) is 0 Å². The Morgan fingerprint density at radius 3 is 0.797 bits per heavy atom. The number of carbonyl (C=O) groups excluding carboxylic acids is 1. The summed E-state index contributed by atoms with van der Waals surface area (Å²) < 4.78 is 5.51. The molecule has 0 atom stereocenters. The van der Waals surface area contributed by atoms with E-state index in [-0.39, 0.29) is 5.97 Å². The van der Waals surface area contributed by atoms with Gasteiger partial charge in [0.05, 0.1) is 6.61 Å². The lowest BCUT2D eigenvalue weighted by molar-refractivity contribution is -0.143. The first-order valence-electron chi connectivity index (χ1n) is 29.6. The van der Waals surface area contributed by atoms with Gasteiger partial charge in [-0.25, -0.2) is 0 Å². The van der Waals surface area contributed by atoms with Gasteiger partial charge in [0.1, 0.15) is 0 Å². The Hall–Kier alpha value is -1.57. The molecule has 0 rings (SSSR count). The highest BCUT2D eigenvalue weighted by Gasteiger charge is 2.03. The first kappa shape index (κ1) is 62.4. The van der Waals surface area contributed by atoms with Crippen LogP contribution in [-0.4, -0.2) is 12.6 Å². The zero-order valence-electron chi connectivity index (χ0n) is 44.0. The number of rotatable bonds is 55. The Balaban J connectivity index is 3.20. The summed E-state index contributed by atoms with van der Waals surface area (Å²) in [6, 6.07) is 0. The number of allylic oxidation sites excluding steroid dienone is 8. The van der Waals surface area contributed by atoms with Crippen LogP contribution >= 0.6 is 0 Å². The van der Waals surface area contributed by atoms with E-state index in [2.05, 4.69) is 62.5 Å². The fourth-order valence-corrected chi connectivity index (χ4v) is 9.07. The first-order chi connectivity index (χ1) is 31.8. The number of esters is 1. The summed E-state index contributed by atoms with van der Waals surface area (Å²) in [5.41, 5.74) is 0. The Morgan fingerprint density at radius 1 is 0.266 bits per heavy atom. The lowest BCUT2D eigenvalue weighted by Gasteiger charge is -2.06. The quantitative estimate of drug-likeness (QED) is 0.0345. The maximum Gasteiger partial charge on any atom is 0.305 e. The van der Waals surface area contributed by atoms with E-state index in [1.165, 1.54) is 283 Å². The average Bonchev–Trinajstić information content (AvgIpc) is 3.30. The number of unbranched alkanes of at least 4 members (excludes halogenated alkanes) is 43. The van der Waals surface area contributed by atoms with Gasteiger partial charge in [-0.15, -0.1) is 0 Å². The fourth-order valence-electron chi connectivity index (χ4n) is 9.07. The number of hydrogen-bond acceptors (Lipinski definition) is 2. The van der Waals surface area contributed by atoms with Gasteiger partial charge in [0.2, 0.25) is 0 Å². The van der Waals surface area contributed by atoms with E-state index in [0.29, 0.717) is 13.0 Å². The molecule has 0 aliphatic carbocycles. The molecule has 0 aromatic heterocycles. The Kier molecular flexibility index (Phi) is 58.0. The zero-order valence-corrected chi connectivity index (χ0v) is 44.0. The Labute approximate surface area is 404 Å². The van der Waals surface area contributed by atoms with Crippen LogP contribution in [0.1, 0.15) is 335 Å². The third-order valence-corrected chi connectivity index (χ3v) is 13.5. The standard InChI is InChI=1S/C62H116O2/c1-3-5-7-9-11-13-15-17-19-21-23-24-25-26-27-28-29-30-31-32-33-34-35-36-37-38-39-40-41-43-45-47-49-51-53-55-57-59-61-64-62(63)60-58-56-54-52-50-48-46-44-42-22-20-18-16-14-12-10-8-6-4-2/h11,13,17,19,23-24,26-27H,3-10,12,14-16,18,20-22,25,28-61H2,1-2H3/b13-11-,19-17-,24-23-,27-26-. The van der Waals surface area contributed by atoms with Gasteiger partial charge in [0, 0.05) is 6.42 Å². The van der Waals surface area contributed by atoms with Crippen molar-refractivity contribution in [3.05, 3.63) is 48.6 Å². The van der Waals surface area contributed by atoms with Crippen molar-refractivity contribution in [3.63, 3.8) is 0 Å². The van der Waals surface area contributed by atoms with Gasteiger partial charge in [-0.2, -0.15) is 0 Å². The molecule has 0 aromatic carbocycles. The highest BCUT2D eigenvalue weighted by Crippen LogP contribution is 2.18. The second-order valence-corrected chi connectivity index (χ2v) is 20.0. The first-order valence-corrected chi connectivity index (χ1v) is 29.6. The summed E-state index contributed by atoms with van der Waals surface area (Å²) >= 11 is 0. The predicted octanol–water partition coefficient (Wildman–Crippen LogP) is 22.3. The van der Waals surface area contributed by atoms with Crippen LogP contribution in [-0.2, 0) is 9.53 Å². The van der Waals surface area contributed by atoms with Gasteiger partial charge in [0.25, 0.3) is 0 Å². The second kappa shape index (κ2) is 59.4. The van der Waals surface area contributed by atoms with Crippen molar-refractivity contribution in [2.24, 2.45) is 0 Å². The number of ether oxygens (including phenoxy) is 1. The molecular formula is C62H116O2. The molecule has 0 saturated carbocycles. The molecule has 0 radical (unpaired) electrons. The summed E-state index contributed by atoms with van der Waals surface area (Å²) in [5, 5.41) is 0. The molecule has 0 heterocycles. The average molecular weight is 894 g/mol. The van der Waals surface area contributed by atoms with Gasteiger partial charge in [-0.05, 0) is 57.8 Å². The summed E-state index contributed by atoms with van der Waals surface area (Å²) in [7, 11) is 0. The minimum atomic E-state index is 0.0316. The van der Waals surface area contributed by atoms with E-state index in [0.717, 1.165) is 32.1 Å². The van der Waals surface area contributed by atoms with E-state index in [9.17, 15) is 4.79 Å². The van der Waals surface area contributed by atoms with Crippen LogP contribution in [0.3, 0.4) is 0 Å². The van der Waals surface area contributed by atoms with Crippen LogP contribution in [0.2, 0.25) is 0 Å². The minimum absolute atomic E-state index is 0.0316. The van der Waals surface area contributed by atoms with Gasteiger partial charge in [-0.3, -0.25) is 4.79 Å². The highest BCUT2D eigenvalue weighted by atomic mass is 16.5. The monoisotopic (exact) mass is 893 g/mol. The van der Waals surface area contributed by atoms with Crippen LogP contribution in [0, 0.1) is 0 Å². The Bertz CT molecular complexity index is 973. The van der Waals surface area contributed by atoms with E-state index >= 15 is 0 Å². The Morgan fingerprint density at radius 2 is 0.484 bits per heavy atom. The van der Waals surface area contributed by atoms with Crippen molar-refractivity contribution in [2.45, 2.75) is 335 Å². The van der Waals surface area contributed by atoms with Crippen molar-refractivity contribution in [3.8, 4) is 0 Å². The molecule has 0 amide bonds. The summed E-state index contributed by atoms with van der Waals surface area (Å²) in [5.74, 6) is 0.0316. The zero-order chi connectivity index (χ0) is 46.0. The van der Waals surface area contributed by atoms with Crippen LogP contribution in [0.5, 0.6) is 0 Å². The van der Waals surface area contributed by atoms with Crippen molar-refractivity contribution >= 4 is 5.97 Å². The lowest BCUT2D eigenvalue weighted by atomic mass is 10.0. The topological polar surface area (TPSA) is 26.3 Å². The maximum absolute atomic E-state index is 12.1. The van der Waals surface area contributed by atoms with E-state index < -0.39 is 0 Å². The normalized spacial score (nSPS) is 12.1. The lowest BCUT2D eigenvalue weighted by Crippen LogP contribution is -2.05. The molecular weight excluding hydrogens is 777 g/mol. The minimum Gasteiger partial charge on any atom is -0.466 e. The third-order valence-electron chi connectivity index (χ3n) is 13.5. The van der Waals surface area contributed by atoms with Crippen molar-refractivity contribution in [1.29, 1.82) is 0 Å². The van der Waals surface area contributed by atoms with Gasteiger partial charge >= 0.3 is 5.97 Å². The molecule has 0 spiro atoms. The van der Waals surface area contributed by atoms with E-state index in [4.69, 9.17) is 4.74 Å². The van der Waals surface area contributed by atoms with Crippen LogP contribution in [0.15, 0.2) is 48.6 Å². The molecule has 0 aliphatic heterocycles. The molecule has 0 fully saturated rings. The number of carbonyl (C=O) groups is 1. The van der Waals surface area contributed by atoms with Gasteiger partial charge in [-0.1, -0.05) is 319 Å². The van der Waals surface area contributed by atoms with Crippen LogP contribution < -0.4 is 0 Å². The number of hydrogen-bond donors (Lipinski definition) is 0. The SMILES string of the molecule is CCCCC/C=C\C/C=C\C/C=C\C/C=C\CCCCCCCCCCCCCCCCCCCCCCCCOC(=O)CCCCCCCCCCCCCCCCCCCCC. The molecule has 0 aromatic rings.